The molecule has 0 bridgehead atoms. The van der Waals surface area contributed by atoms with Gasteiger partial charge in [0.2, 0.25) is 0 Å². The number of carbonyl (C=O) groups excluding carboxylic acids is 2. The lowest BCUT2D eigenvalue weighted by Gasteiger charge is -2.06. The highest BCUT2D eigenvalue weighted by Gasteiger charge is 2.14. The second kappa shape index (κ2) is 7.27. The minimum absolute atomic E-state index is 0.159. The highest BCUT2D eigenvalue weighted by molar-refractivity contribution is 9.10. The molecule has 0 aliphatic carbocycles. The van der Waals surface area contributed by atoms with Crippen molar-refractivity contribution in [2.45, 2.75) is 0 Å². The zero-order chi connectivity index (χ0) is 17.8. The normalized spacial score (nSPS) is 10.3. The zero-order valence-corrected chi connectivity index (χ0v) is 14.3. The Morgan fingerprint density at radius 3 is 2.40 bits per heavy atom. The van der Waals surface area contributed by atoms with Crippen LogP contribution in [0.15, 0.2) is 65.4 Å². The van der Waals surface area contributed by atoms with E-state index in [1.807, 2.05) is 24.3 Å². The molecule has 0 radical (unpaired) electrons. The maximum atomic E-state index is 13.5. The first-order valence-electron chi connectivity index (χ1n) is 7.20. The number of hydrogen-bond donors (Lipinski definition) is 2. The summed E-state index contributed by atoms with van der Waals surface area (Å²) in [5, 5.41) is 4.10. The van der Waals surface area contributed by atoms with Crippen molar-refractivity contribution in [2.75, 3.05) is 0 Å². The Kier molecular flexibility index (Phi) is 4.90. The van der Waals surface area contributed by atoms with Crippen LogP contribution in [0.5, 0.6) is 0 Å². The van der Waals surface area contributed by atoms with Gasteiger partial charge in [0.05, 0.1) is 23.0 Å². The Bertz CT molecular complexity index is 924. The summed E-state index contributed by atoms with van der Waals surface area (Å²) in [6, 6.07) is 12.9. The molecule has 0 atom stereocenters. The van der Waals surface area contributed by atoms with Gasteiger partial charge < -0.3 is 0 Å². The van der Waals surface area contributed by atoms with Crippen LogP contribution in [0.2, 0.25) is 0 Å². The van der Waals surface area contributed by atoms with E-state index in [0.29, 0.717) is 0 Å². The highest BCUT2D eigenvalue weighted by Crippen LogP contribution is 2.14. The van der Waals surface area contributed by atoms with Gasteiger partial charge in [-0.05, 0) is 36.4 Å². The molecule has 0 spiro atoms. The minimum Gasteiger partial charge on any atom is -0.267 e. The largest absolute Gasteiger partial charge is 0.272 e. The molecule has 0 aliphatic heterocycles. The number of carbonyl (C=O) groups is 2. The summed E-state index contributed by atoms with van der Waals surface area (Å²) >= 11 is 3.34. The van der Waals surface area contributed by atoms with Crippen molar-refractivity contribution < 1.29 is 14.0 Å². The van der Waals surface area contributed by atoms with Crippen molar-refractivity contribution in [3.63, 3.8) is 0 Å². The fourth-order valence-corrected chi connectivity index (χ4v) is 2.34. The molecule has 1 heterocycles. The van der Waals surface area contributed by atoms with Crippen molar-refractivity contribution in [3.8, 4) is 5.69 Å². The summed E-state index contributed by atoms with van der Waals surface area (Å²) in [5.41, 5.74) is 5.27. The van der Waals surface area contributed by atoms with Crippen LogP contribution in [0, 0.1) is 5.82 Å². The molecule has 3 aromatic rings. The predicted molar refractivity (Wildman–Crippen MR) is 92.6 cm³/mol. The first-order valence-corrected chi connectivity index (χ1v) is 8.00. The minimum atomic E-state index is -0.744. The lowest BCUT2D eigenvalue weighted by Crippen LogP contribution is -2.41. The summed E-state index contributed by atoms with van der Waals surface area (Å²) in [7, 11) is 0. The van der Waals surface area contributed by atoms with Gasteiger partial charge in [0.15, 0.2) is 0 Å². The molecule has 3 rings (SSSR count). The van der Waals surface area contributed by atoms with Gasteiger partial charge in [-0.3, -0.25) is 20.4 Å². The van der Waals surface area contributed by atoms with E-state index in [9.17, 15) is 14.0 Å². The van der Waals surface area contributed by atoms with Gasteiger partial charge in [-0.25, -0.2) is 9.07 Å². The van der Waals surface area contributed by atoms with Crippen LogP contribution in [0.25, 0.3) is 5.69 Å². The molecule has 25 heavy (non-hydrogen) atoms. The monoisotopic (exact) mass is 402 g/mol. The molecular weight excluding hydrogens is 391 g/mol. The van der Waals surface area contributed by atoms with E-state index in [1.54, 1.807) is 0 Å². The van der Waals surface area contributed by atoms with E-state index in [0.717, 1.165) is 10.2 Å². The van der Waals surface area contributed by atoms with Gasteiger partial charge in [-0.1, -0.05) is 28.1 Å². The molecule has 0 saturated heterocycles. The van der Waals surface area contributed by atoms with Crippen molar-refractivity contribution in [2.24, 2.45) is 0 Å². The van der Waals surface area contributed by atoms with Gasteiger partial charge in [-0.15, -0.1) is 0 Å². The van der Waals surface area contributed by atoms with E-state index in [-0.39, 0.29) is 11.1 Å². The van der Waals surface area contributed by atoms with Gasteiger partial charge >= 0.3 is 0 Å². The molecule has 0 saturated carbocycles. The fourth-order valence-electron chi connectivity index (χ4n) is 2.07. The average Bonchev–Trinajstić information content (AvgIpc) is 3.10. The molecule has 2 aromatic carbocycles. The predicted octanol–water partition coefficient (Wildman–Crippen LogP) is 2.85. The maximum absolute atomic E-state index is 13.5. The number of aromatic nitrogens is 2. The first-order chi connectivity index (χ1) is 12.0. The molecule has 6 nitrogen and oxygen atoms in total. The SMILES string of the molecule is O=C(NNC(=O)c1ccccc1F)c1cnn(-c2ccc(Br)cc2)c1. The molecule has 2 amide bonds. The van der Waals surface area contributed by atoms with Crippen LogP contribution in [0.4, 0.5) is 4.39 Å². The van der Waals surface area contributed by atoms with Crippen LogP contribution < -0.4 is 10.9 Å². The van der Waals surface area contributed by atoms with E-state index in [4.69, 9.17) is 0 Å². The molecule has 8 heteroatoms. The van der Waals surface area contributed by atoms with E-state index in [1.165, 1.54) is 41.3 Å². The molecule has 2 N–H and O–H groups in total. The number of amides is 2. The number of halogens is 2. The topological polar surface area (TPSA) is 76.0 Å². The van der Waals surface area contributed by atoms with Crippen LogP contribution in [0.3, 0.4) is 0 Å². The third-order valence-corrected chi connectivity index (χ3v) is 3.87. The van der Waals surface area contributed by atoms with Gasteiger partial charge in [0, 0.05) is 10.7 Å². The van der Waals surface area contributed by atoms with Gasteiger partial charge in [-0.2, -0.15) is 5.10 Å². The Balaban J connectivity index is 1.65. The van der Waals surface area contributed by atoms with Crippen molar-refractivity contribution in [1.82, 2.24) is 20.6 Å². The lowest BCUT2D eigenvalue weighted by atomic mass is 10.2. The molecule has 1 aromatic heterocycles. The quantitative estimate of drug-likeness (QED) is 0.661. The van der Waals surface area contributed by atoms with Crippen LogP contribution in [-0.4, -0.2) is 21.6 Å². The standard InChI is InChI=1S/C17H12BrFN4O2/c18-12-5-7-13(8-6-12)23-10-11(9-20-23)16(24)21-22-17(25)14-3-1-2-4-15(14)19/h1-10H,(H,21,24)(H,22,25). The molecular formula is C17H12BrFN4O2. The zero-order valence-electron chi connectivity index (χ0n) is 12.7. The number of nitrogens with one attached hydrogen (secondary N) is 2. The van der Waals surface area contributed by atoms with E-state index in [2.05, 4.69) is 31.9 Å². The Morgan fingerprint density at radius 2 is 1.68 bits per heavy atom. The Morgan fingerprint density at radius 1 is 1.00 bits per heavy atom. The van der Waals surface area contributed by atoms with Crippen molar-refractivity contribution in [1.29, 1.82) is 0 Å². The summed E-state index contributed by atoms with van der Waals surface area (Å²) in [4.78, 5) is 24.0. The number of rotatable bonds is 3. The molecule has 0 aliphatic rings. The first kappa shape index (κ1) is 16.8. The molecule has 126 valence electrons. The summed E-state index contributed by atoms with van der Waals surface area (Å²) < 4.78 is 16.0. The van der Waals surface area contributed by atoms with E-state index >= 15 is 0 Å². The van der Waals surface area contributed by atoms with Gasteiger partial charge in [0.25, 0.3) is 11.8 Å². The number of hydrogen-bond acceptors (Lipinski definition) is 3. The fraction of sp³-hybridized carbons (Fsp3) is 0. The van der Waals surface area contributed by atoms with Crippen molar-refractivity contribution in [3.05, 3.63) is 82.3 Å². The second-order valence-corrected chi connectivity index (χ2v) is 5.95. The second-order valence-electron chi connectivity index (χ2n) is 5.04. The van der Waals surface area contributed by atoms with Crippen LogP contribution >= 0.6 is 15.9 Å². The summed E-state index contributed by atoms with van der Waals surface area (Å²) in [6.45, 7) is 0. The summed E-state index contributed by atoms with van der Waals surface area (Å²) in [6.07, 6.45) is 2.89. The third kappa shape index (κ3) is 3.92. The smallest absolute Gasteiger partial charge is 0.267 e. The number of hydrazine groups is 1. The van der Waals surface area contributed by atoms with Crippen LogP contribution in [0.1, 0.15) is 20.7 Å². The number of benzene rings is 2. The molecule has 0 unspecified atom stereocenters. The average molecular weight is 403 g/mol. The number of nitrogens with zero attached hydrogens (tertiary/aromatic N) is 2. The summed E-state index contributed by atoms with van der Waals surface area (Å²) in [5.74, 6) is -1.97. The van der Waals surface area contributed by atoms with Gasteiger partial charge in [0.1, 0.15) is 5.82 Å². The van der Waals surface area contributed by atoms with E-state index < -0.39 is 17.6 Å². The maximum Gasteiger partial charge on any atom is 0.272 e. The van der Waals surface area contributed by atoms with Crippen LogP contribution in [-0.2, 0) is 0 Å². The molecule has 0 fully saturated rings. The lowest BCUT2D eigenvalue weighted by molar-refractivity contribution is 0.0844. The Hall–Kier alpha value is -3.00. The third-order valence-electron chi connectivity index (χ3n) is 3.34. The highest BCUT2D eigenvalue weighted by atomic mass is 79.9. The van der Waals surface area contributed by atoms with Crippen molar-refractivity contribution >= 4 is 27.7 Å². The Labute approximate surface area is 150 Å².